The lowest BCUT2D eigenvalue weighted by Gasteiger charge is -2.21. The number of anilines is 1. The average Bonchev–Trinajstić information content (AvgIpc) is 2.99. The van der Waals surface area contributed by atoms with Gasteiger partial charge in [0.2, 0.25) is 0 Å². The molecule has 142 valence electrons. The number of non-ortho nitro benzene ring substituents is 1. The minimum absolute atomic E-state index is 0.161. The third kappa shape index (κ3) is 4.00. The number of carbonyl (C=O) groups excluding carboxylic acids is 2. The third-order valence-corrected chi connectivity index (χ3v) is 6.03. The van der Waals surface area contributed by atoms with Crippen molar-refractivity contribution >= 4 is 33.8 Å². The molecule has 7 nitrogen and oxygen atoms in total. The molecule has 1 aliphatic rings. The summed E-state index contributed by atoms with van der Waals surface area (Å²) < 4.78 is 0. The van der Waals surface area contributed by atoms with Crippen LogP contribution in [0.2, 0.25) is 0 Å². The number of benzene rings is 1. The molecule has 27 heavy (non-hydrogen) atoms. The Morgan fingerprint density at radius 1 is 1.41 bits per heavy atom. The maximum absolute atomic E-state index is 12.6. The summed E-state index contributed by atoms with van der Waals surface area (Å²) >= 11 is 1.39. The number of nitrogens with one attached hydrogen (secondary N) is 1. The number of carbonyl (C=O) groups is 2. The molecule has 1 aliphatic carbocycles. The lowest BCUT2D eigenvalue weighted by Crippen LogP contribution is -2.20. The number of amides is 2. The Labute approximate surface area is 160 Å². The van der Waals surface area contributed by atoms with Gasteiger partial charge in [-0.3, -0.25) is 19.7 Å². The Morgan fingerprint density at radius 2 is 2.19 bits per heavy atom. The molecule has 0 fully saturated rings. The van der Waals surface area contributed by atoms with Crippen LogP contribution in [0, 0.1) is 16.0 Å². The molecule has 0 bridgehead atoms. The van der Waals surface area contributed by atoms with Crippen LogP contribution in [0.15, 0.2) is 24.3 Å². The molecule has 0 saturated carbocycles. The van der Waals surface area contributed by atoms with E-state index < -0.39 is 16.7 Å². The lowest BCUT2D eigenvalue weighted by atomic mass is 9.84. The van der Waals surface area contributed by atoms with E-state index in [1.54, 1.807) is 0 Å². The Morgan fingerprint density at radius 3 is 2.85 bits per heavy atom. The van der Waals surface area contributed by atoms with Crippen LogP contribution in [0.1, 0.15) is 57.3 Å². The van der Waals surface area contributed by atoms with E-state index in [2.05, 4.69) is 12.2 Å². The van der Waals surface area contributed by atoms with Crippen LogP contribution in [0.3, 0.4) is 0 Å². The van der Waals surface area contributed by atoms with Crippen molar-refractivity contribution in [1.29, 1.82) is 0 Å². The van der Waals surface area contributed by atoms with Crippen molar-refractivity contribution in [1.82, 2.24) is 0 Å². The molecule has 0 spiro atoms. The monoisotopic (exact) mass is 387 g/mol. The van der Waals surface area contributed by atoms with Crippen LogP contribution in [0.4, 0.5) is 10.7 Å². The first-order valence-electron chi connectivity index (χ1n) is 8.90. The second kappa shape index (κ2) is 7.87. The van der Waals surface area contributed by atoms with Gasteiger partial charge in [-0.1, -0.05) is 25.8 Å². The van der Waals surface area contributed by atoms with E-state index in [0.29, 0.717) is 16.5 Å². The molecule has 1 aromatic carbocycles. The minimum Gasteiger partial charge on any atom is -0.365 e. The predicted molar refractivity (Wildman–Crippen MR) is 104 cm³/mol. The number of nitrogens with zero attached hydrogens (tertiary/aromatic N) is 1. The molecule has 8 heteroatoms. The highest BCUT2D eigenvalue weighted by Gasteiger charge is 2.28. The van der Waals surface area contributed by atoms with Crippen LogP contribution >= 0.6 is 11.3 Å². The zero-order valence-corrected chi connectivity index (χ0v) is 15.8. The quantitative estimate of drug-likeness (QED) is 0.577. The summed E-state index contributed by atoms with van der Waals surface area (Å²) in [7, 11) is 0. The molecule has 1 aromatic heterocycles. The van der Waals surface area contributed by atoms with Gasteiger partial charge in [0.25, 0.3) is 17.5 Å². The van der Waals surface area contributed by atoms with Gasteiger partial charge in [0.05, 0.1) is 10.5 Å². The molecule has 0 aliphatic heterocycles. The number of hydrogen-bond acceptors (Lipinski definition) is 5. The number of nitro benzene ring substituents is 1. The Kier molecular flexibility index (Phi) is 5.55. The summed E-state index contributed by atoms with van der Waals surface area (Å²) in [6.45, 7) is 2.16. The number of hydrogen-bond donors (Lipinski definition) is 2. The number of nitro groups is 1. The van der Waals surface area contributed by atoms with E-state index in [-0.39, 0.29) is 11.3 Å². The number of thiophene rings is 1. The molecular formula is C19H21N3O4S. The Balaban J connectivity index is 1.89. The zero-order chi connectivity index (χ0) is 19.6. The van der Waals surface area contributed by atoms with Crippen molar-refractivity contribution in [3.05, 3.63) is 55.9 Å². The fourth-order valence-corrected chi connectivity index (χ4v) is 4.96. The van der Waals surface area contributed by atoms with Crippen LogP contribution in [-0.4, -0.2) is 16.7 Å². The standard InChI is InChI=1S/C19H21N3O4S/c1-2-4-11-7-8-14-15(9-11)27-19(16(14)17(20)23)21-18(24)12-5-3-6-13(10-12)22(25)26/h3,5-6,10-11H,2,4,7-9H2,1H3,(H2,20,23)(H,21,24)/t11-/m0/s1. The molecule has 0 radical (unpaired) electrons. The summed E-state index contributed by atoms with van der Waals surface area (Å²) in [5.41, 5.74) is 6.90. The van der Waals surface area contributed by atoms with Crippen molar-refractivity contribution in [3.63, 3.8) is 0 Å². The first-order chi connectivity index (χ1) is 12.9. The van der Waals surface area contributed by atoms with Gasteiger partial charge in [-0.2, -0.15) is 0 Å². The van der Waals surface area contributed by atoms with Gasteiger partial charge in [-0.15, -0.1) is 11.3 Å². The maximum atomic E-state index is 12.6. The first-order valence-corrected chi connectivity index (χ1v) is 9.72. The molecule has 0 saturated heterocycles. The van der Waals surface area contributed by atoms with E-state index in [9.17, 15) is 19.7 Å². The van der Waals surface area contributed by atoms with Crippen molar-refractivity contribution in [2.45, 2.75) is 39.0 Å². The Bertz CT molecular complexity index is 906. The summed E-state index contributed by atoms with van der Waals surface area (Å²) in [5.74, 6) is -0.470. The highest BCUT2D eigenvalue weighted by Crippen LogP contribution is 2.40. The van der Waals surface area contributed by atoms with Crippen molar-refractivity contribution in [2.75, 3.05) is 5.32 Å². The van der Waals surface area contributed by atoms with E-state index in [1.807, 2.05) is 0 Å². The molecule has 3 N–H and O–H groups in total. The summed E-state index contributed by atoms with van der Waals surface area (Å²) in [6, 6.07) is 5.49. The largest absolute Gasteiger partial charge is 0.365 e. The maximum Gasteiger partial charge on any atom is 0.270 e. The number of nitrogens with two attached hydrogens (primary N) is 1. The minimum atomic E-state index is -0.559. The molecule has 2 aromatic rings. The van der Waals surface area contributed by atoms with Crippen LogP contribution < -0.4 is 11.1 Å². The lowest BCUT2D eigenvalue weighted by molar-refractivity contribution is -0.384. The van der Waals surface area contributed by atoms with Crippen molar-refractivity contribution in [3.8, 4) is 0 Å². The summed E-state index contributed by atoms with van der Waals surface area (Å²) in [6.07, 6.45) is 4.93. The second-order valence-electron chi connectivity index (χ2n) is 6.73. The van der Waals surface area contributed by atoms with Gasteiger partial charge < -0.3 is 11.1 Å². The van der Waals surface area contributed by atoms with E-state index in [0.717, 1.165) is 42.5 Å². The van der Waals surface area contributed by atoms with Gasteiger partial charge in [-0.25, -0.2) is 0 Å². The van der Waals surface area contributed by atoms with Gasteiger partial charge in [0.15, 0.2) is 0 Å². The Hall–Kier alpha value is -2.74. The predicted octanol–water partition coefficient (Wildman–Crippen LogP) is 3.91. The number of primary amides is 1. The average molecular weight is 387 g/mol. The molecule has 3 rings (SSSR count). The van der Waals surface area contributed by atoms with Crippen LogP contribution in [0.5, 0.6) is 0 Å². The topological polar surface area (TPSA) is 115 Å². The van der Waals surface area contributed by atoms with E-state index in [4.69, 9.17) is 5.73 Å². The SMILES string of the molecule is CCC[C@H]1CCc2c(sc(NC(=O)c3cccc([N+](=O)[O-])c3)c2C(N)=O)C1. The van der Waals surface area contributed by atoms with Crippen LogP contribution in [-0.2, 0) is 12.8 Å². The second-order valence-corrected chi connectivity index (χ2v) is 7.84. The fourth-order valence-electron chi connectivity index (χ4n) is 3.59. The highest BCUT2D eigenvalue weighted by atomic mass is 32.1. The molecule has 1 atom stereocenters. The van der Waals surface area contributed by atoms with Gasteiger partial charge >= 0.3 is 0 Å². The van der Waals surface area contributed by atoms with E-state index in [1.165, 1.54) is 35.6 Å². The summed E-state index contributed by atoms with van der Waals surface area (Å²) in [5, 5.41) is 14.1. The first kappa shape index (κ1) is 19.0. The van der Waals surface area contributed by atoms with Crippen molar-refractivity contribution < 1.29 is 14.5 Å². The normalized spacial score (nSPS) is 15.8. The molecule has 1 heterocycles. The molecule has 0 unspecified atom stereocenters. The van der Waals surface area contributed by atoms with Crippen LogP contribution in [0.25, 0.3) is 0 Å². The van der Waals surface area contributed by atoms with E-state index >= 15 is 0 Å². The molecular weight excluding hydrogens is 366 g/mol. The highest BCUT2D eigenvalue weighted by molar-refractivity contribution is 7.17. The fraction of sp³-hybridized carbons (Fsp3) is 0.368. The number of fused-ring (bicyclic) bond motifs is 1. The number of rotatable bonds is 6. The third-order valence-electron chi connectivity index (χ3n) is 4.86. The van der Waals surface area contributed by atoms with Crippen molar-refractivity contribution in [2.24, 2.45) is 11.7 Å². The van der Waals surface area contributed by atoms with Gasteiger partial charge in [0, 0.05) is 22.6 Å². The van der Waals surface area contributed by atoms with Gasteiger partial charge in [-0.05, 0) is 36.8 Å². The summed E-state index contributed by atoms with van der Waals surface area (Å²) in [4.78, 5) is 36.0. The zero-order valence-electron chi connectivity index (χ0n) is 15.0. The molecule has 2 amide bonds. The van der Waals surface area contributed by atoms with Gasteiger partial charge in [0.1, 0.15) is 5.00 Å². The smallest absolute Gasteiger partial charge is 0.270 e.